The maximum atomic E-state index is 10.6. The first-order chi connectivity index (χ1) is 6.02. The van der Waals surface area contributed by atoms with Crippen LogP contribution in [0.4, 0.5) is 0 Å². The maximum absolute atomic E-state index is 10.6. The summed E-state index contributed by atoms with van der Waals surface area (Å²) in [5.41, 5.74) is -0.864. The summed E-state index contributed by atoms with van der Waals surface area (Å²) in [6, 6.07) is 9.05. The Hall–Kier alpha value is -1.35. The molecule has 1 aromatic rings. The number of hydrogen-bond acceptors (Lipinski definition) is 2. The monoisotopic (exact) mass is 180 g/mol. The predicted octanol–water partition coefficient (Wildman–Crippen LogP) is 1.06. The highest BCUT2D eigenvalue weighted by Gasteiger charge is 2.29. The van der Waals surface area contributed by atoms with Crippen molar-refractivity contribution in [3.63, 3.8) is 0 Å². The normalized spacial score (nSPS) is 14.9. The third kappa shape index (κ3) is 2.56. The fraction of sp³-hybridized carbons (Fsp3) is 0.300. The van der Waals surface area contributed by atoms with Gasteiger partial charge < -0.3 is 10.2 Å². The molecule has 1 unspecified atom stereocenters. The SMILES string of the molecule is CC(O)(Cc1ccccc1)C(=O)O. The third-order valence-electron chi connectivity index (χ3n) is 1.85. The molecule has 0 bridgehead atoms. The molecule has 0 amide bonds. The first-order valence-electron chi connectivity index (χ1n) is 4.02. The summed E-state index contributed by atoms with van der Waals surface area (Å²) in [4.78, 5) is 10.6. The molecule has 0 spiro atoms. The molecule has 0 radical (unpaired) electrons. The Bertz CT molecular complexity index is 290. The van der Waals surface area contributed by atoms with Gasteiger partial charge in [0.25, 0.3) is 0 Å². The Morgan fingerprint density at radius 1 is 1.38 bits per heavy atom. The smallest absolute Gasteiger partial charge is 0.335 e. The molecule has 0 aromatic heterocycles. The highest BCUT2D eigenvalue weighted by atomic mass is 16.4. The summed E-state index contributed by atoms with van der Waals surface area (Å²) in [6.45, 7) is 1.29. The first-order valence-corrected chi connectivity index (χ1v) is 4.02. The lowest BCUT2D eigenvalue weighted by atomic mass is 9.97. The van der Waals surface area contributed by atoms with Gasteiger partial charge in [-0.2, -0.15) is 0 Å². The molecule has 3 nitrogen and oxygen atoms in total. The van der Waals surface area contributed by atoms with Crippen molar-refractivity contribution in [2.75, 3.05) is 0 Å². The summed E-state index contributed by atoms with van der Waals surface area (Å²) >= 11 is 0. The van der Waals surface area contributed by atoms with E-state index in [1.807, 2.05) is 18.2 Å². The van der Waals surface area contributed by atoms with Crippen molar-refractivity contribution in [2.45, 2.75) is 18.9 Å². The Morgan fingerprint density at radius 3 is 2.38 bits per heavy atom. The van der Waals surface area contributed by atoms with Crippen molar-refractivity contribution in [3.8, 4) is 0 Å². The van der Waals surface area contributed by atoms with Gasteiger partial charge in [-0.25, -0.2) is 4.79 Å². The highest BCUT2D eigenvalue weighted by Crippen LogP contribution is 2.12. The molecule has 0 aliphatic carbocycles. The van der Waals surface area contributed by atoms with Crippen LogP contribution in [0.5, 0.6) is 0 Å². The molecule has 0 heterocycles. The minimum Gasteiger partial charge on any atom is -0.479 e. The molecule has 3 heteroatoms. The minimum atomic E-state index is -1.68. The van der Waals surface area contributed by atoms with E-state index in [0.717, 1.165) is 5.56 Å². The largest absolute Gasteiger partial charge is 0.479 e. The van der Waals surface area contributed by atoms with Gasteiger partial charge in [-0.3, -0.25) is 0 Å². The Balaban J connectivity index is 2.75. The molecule has 2 N–H and O–H groups in total. The number of carboxylic acids is 1. The second kappa shape index (κ2) is 3.58. The average molecular weight is 180 g/mol. The van der Waals surface area contributed by atoms with Crippen LogP contribution in [0.3, 0.4) is 0 Å². The van der Waals surface area contributed by atoms with Crippen LogP contribution in [0, 0.1) is 0 Å². The van der Waals surface area contributed by atoms with Crippen molar-refractivity contribution in [2.24, 2.45) is 0 Å². The Morgan fingerprint density at radius 2 is 1.92 bits per heavy atom. The molecular weight excluding hydrogens is 168 g/mol. The third-order valence-corrected chi connectivity index (χ3v) is 1.85. The van der Waals surface area contributed by atoms with Crippen LogP contribution < -0.4 is 0 Å². The van der Waals surface area contributed by atoms with E-state index in [-0.39, 0.29) is 6.42 Å². The molecule has 1 rings (SSSR count). The number of rotatable bonds is 3. The van der Waals surface area contributed by atoms with Gasteiger partial charge in [-0.1, -0.05) is 30.3 Å². The van der Waals surface area contributed by atoms with Crippen molar-refractivity contribution >= 4 is 5.97 Å². The topological polar surface area (TPSA) is 57.5 Å². The molecular formula is C10H12O3. The van der Waals surface area contributed by atoms with Crippen molar-refractivity contribution in [1.29, 1.82) is 0 Å². The summed E-state index contributed by atoms with van der Waals surface area (Å²) in [6.07, 6.45) is 0.128. The van der Waals surface area contributed by atoms with Gasteiger partial charge in [0.15, 0.2) is 5.60 Å². The van der Waals surface area contributed by atoms with Gasteiger partial charge in [-0.05, 0) is 12.5 Å². The average Bonchev–Trinajstić information content (AvgIpc) is 2.05. The quantitative estimate of drug-likeness (QED) is 0.731. The number of carbonyl (C=O) groups is 1. The molecule has 0 saturated carbocycles. The van der Waals surface area contributed by atoms with Gasteiger partial charge in [0.2, 0.25) is 0 Å². The zero-order chi connectivity index (χ0) is 9.90. The molecule has 0 saturated heterocycles. The molecule has 70 valence electrons. The van der Waals surface area contributed by atoms with E-state index < -0.39 is 11.6 Å². The lowest BCUT2D eigenvalue weighted by Gasteiger charge is -2.17. The summed E-state index contributed by atoms with van der Waals surface area (Å²) in [5.74, 6) is -1.20. The lowest BCUT2D eigenvalue weighted by Crippen LogP contribution is -2.37. The molecule has 1 atom stereocenters. The van der Waals surface area contributed by atoms with Gasteiger partial charge in [0.1, 0.15) is 0 Å². The van der Waals surface area contributed by atoms with E-state index in [1.54, 1.807) is 12.1 Å². The lowest BCUT2D eigenvalue weighted by molar-refractivity contribution is -0.156. The highest BCUT2D eigenvalue weighted by molar-refractivity contribution is 5.76. The standard InChI is InChI=1S/C10H12O3/c1-10(13,9(11)12)7-8-5-3-2-4-6-8/h2-6,13H,7H2,1H3,(H,11,12). The van der Waals surface area contributed by atoms with E-state index in [1.165, 1.54) is 6.92 Å². The first kappa shape index (κ1) is 9.74. The van der Waals surface area contributed by atoms with Crippen LogP contribution in [0.25, 0.3) is 0 Å². The number of aliphatic carboxylic acids is 1. The molecule has 0 fully saturated rings. The molecule has 1 aromatic carbocycles. The van der Waals surface area contributed by atoms with Crippen LogP contribution in [-0.2, 0) is 11.2 Å². The summed E-state index contributed by atoms with van der Waals surface area (Å²) in [5, 5.41) is 18.1. The second-order valence-electron chi connectivity index (χ2n) is 3.24. The fourth-order valence-electron chi connectivity index (χ4n) is 1.07. The van der Waals surface area contributed by atoms with Gasteiger partial charge in [-0.15, -0.1) is 0 Å². The van der Waals surface area contributed by atoms with Crippen molar-refractivity contribution in [3.05, 3.63) is 35.9 Å². The summed E-state index contributed by atoms with van der Waals surface area (Å²) in [7, 11) is 0. The molecule has 0 aliphatic rings. The van der Waals surface area contributed by atoms with Gasteiger partial charge >= 0.3 is 5.97 Å². The van der Waals surface area contributed by atoms with Crippen LogP contribution >= 0.6 is 0 Å². The fourth-order valence-corrected chi connectivity index (χ4v) is 1.07. The van der Waals surface area contributed by atoms with E-state index in [4.69, 9.17) is 5.11 Å². The number of hydrogen-bond donors (Lipinski definition) is 2. The van der Waals surface area contributed by atoms with E-state index >= 15 is 0 Å². The number of aliphatic hydroxyl groups is 1. The number of carboxylic acid groups (broad SMARTS) is 1. The van der Waals surface area contributed by atoms with Crippen molar-refractivity contribution in [1.82, 2.24) is 0 Å². The second-order valence-corrected chi connectivity index (χ2v) is 3.24. The maximum Gasteiger partial charge on any atom is 0.335 e. The van der Waals surface area contributed by atoms with E-state index in [2.05, 4.69) is 0 Å². The van der Waals surface area contributed by atoms with Gasteiger partial charge in [0, 0.05) is 6.42 Å². The molecule has 0 aliphatic heterocycles. The van der Waals surface area contributed by atoms with Crippen LogP contribution in [-0.4, -0.2) is 21.8 Å². The zero-order valence-corrected chi connectivity index (χ0v) is 7.40. The Kier molecular flexibility index (Phi) is 2.68. The van der Waals surface area contributed by atoms with E-state index in [0.29, 0.717) is 0 Å². The Labute approximate surface area is 76.6 Å². The molecule has 13 heavy (non-hydrogen) atoms. The van der Waals surface area contributed by atoms with Gasteiger partial charge in [0.05, 0.1) is 0 Å². The van der Waals surface area contributed by atoms with Crippen LogP contribution in [0.1, 0.15) is 12.5 Å². The number of benzene rings is 1. The predicted molar refractivity (Wildman–Crippen MR) is 48.4 cm³/mol. The zero-order valence-electron chi connectivity index (χ0n) is 7.40. The van der Waals surface area contributed by atoms with E-state index in [9.17, 15) is 9.90 Å². The minimum absolute atomic E-state index is 0.128. The van der Waals surface area contributed by atoms with Crippen LogP contribution in [0.2, 0.25) is 0 Å². The van der Waals surface area contributed by atoms with Crippen LogP contribution in [0.15, 0.2) is 30.3 Å². The summed E-state index contributed by atoms with van der Waals surface area (Å²) < 4.78 is 0. The van der Waals surface area contributed by atoms with Crippen molar-refractivity contribution < 1.29 is 15.0 Å².